The molecule has 0 aliphatic rings. The van der Waals surface area contributed by atoms with Gasteiger partial charge in [0.25, 0.3) is 0 Å². The van der Waals surface area contributed by atoms with Crippen molar-refractivity contribution in [1.29, 1.82) is 0 Å². The van der Waals surface area contributed by atoms with Crippen LogP contribution >= 0.6 is 0 Å². The average Bonchev–Trinajstić information content (AvgIpc) is 3.85. The monoisotopic (exact) mass is 752 g/mol. The van der Waals surface area contributed by atoms with Crippen LogP contribution in [0.5, 0.6) is 0 Å². The van der Waals surface area contributed by atoms with Crippen molar-refractivity contribution in [3.8, 4) is 27.9 Å². The molecule has 0 bridgehead atoms. The largest absolute Gasteiger partial charge is 0.455 e. The Bertz CT molecular complexity index is 3500. The van der Waals surface area contributed by atoms with Crippen LogP contribution in [0.4, 0.5) is 17.1 Å². The number of hydrogen-bond donors (Lipinski definition) is 0. The fourth-order valence-corrected chi connectivity index (χ4v) is 9.23. The van der Waals surface area contributed by atoms with E-state index >= 15 is 0 Å². The van der Waals surface area contributed by atoms with E-state index in [1.165, 1.54) is 49.1 Å². The van der Waals surface area contributed by atoms with Crippen molar-refractivity contribution < 1.29 is 4.42 Å². The molecule has 0 amide bonds. The van der Waals surface area contributed by atoms with Gasteiger partial charge in [-0.25, -0.2) is 0 Å². The molecular weight excluding hydrogens is 717 g/mol. The van der Waals surface area contributed by atoms with Gasteiger partial charge in [0.15, 0.2) is 0 Å². The molecule has 0 radical (unpaired) electrons. The normalized spacial score (nSPS) is 11.7. The fourth-order valence-electron chi connectivity index (χ4n) is 9.23. The summed E-state index contributed by atoms with van der Waals surface area (Å²) >= 11 is 0. The van der Waals surface area contributed by atoms with Crippen molar-refractivity contribution in [2.24, 2.45) is 0 Å². The van der Waals surface area contributed by atoms with Crippen LogP contribution in [0.3, 0.4) is 0 Å². The molecule has 0 saturated heterocycles. The van der Waals surface area contributed by atoms with Gasteiger partial charge in [-0.15, -0.1) is 0 Å². The van der Waals surface area contributed by atoms with E-state index in [-0.39, 0.29) is 0 Å². The molecule has 0 atom stereocenters. The molecule has 276 valence electrons. The van der Waals surface area contributed by atoms with E-state index in [2.05, 4.69) is 228 Å². The van der Waals surface area contributed by atoms with Crippen LogP contribution in [0.1, 0.15) is 0 Å². The maximum atomic E-state index is 6.68. The summed E-state index contributed by atoms with van der Waals surface area (Å²) in [7, 11) is 0. The second kappa shape index (κ2) is 13.4. The molecule has 12 aromatic rings. The molecule has 0 unspecified atom stereocenters. The zero-order valence-electron chi connectivity index (χ0n) is 32.1. The molecule has 3 heteroatoms. The number of hydrogen-bond acceptors (Lipinski definition) is 2. The van der Waals surface area contributed by atoms with Gasteiger partial charge in [-0.2, -0.15) is 0 Å². The Morgan fingerprint density at radius 2 is 0.898 bits per heavy atom. The standard InChI is InChI=1S/C56H36N2O/c1-3-15-44-37(12-1)14-11-20-45(44)39-24-28-41(29-25-39)57(42-30-32-43(33-31-42)58-53-22-9-6-18-48(53)49-19-7-10-23-54(49)58)52-21-8-5-16-46(52)40-27-34-50-51-35-26-38-13-2-4-17-47(38)56(51)59-55(50)36-40/h1-36H. The number of fused-ring (bicyclic) bond motifs is 9. The van der Waals surface area contributed by atoms with Crippen molar-refractivity contribution in [2.75, 3.05) is 4.90 Å². The first kappa shape index (κ1) is 33.3. The fraction of sp³-hybridized carbons (Fsp3) is 0. The lowest BCUT2D eigenvalue weighted by Crippen LogP contribution is -2.11. The van der Waals surface area contributed by atoms with Crippen LogP contribution in [-0.2, 0) is 0 Å². The van der Waals surface area contributed by atoms with Gasteiger partial charge in [-0.1, -0.05) is 146 Å². The first-order valence-corrected chi connectivity index (χ1v) is 20.2. The van der Waals surface area contributed by atoms with E-state index < -0.39 is 0 Å². The summed E-state index contributed by atoms with van der Waals surface area (Å²) in [5.74, 6) is 0. The molecule has 12 rings (SSSR count). The second-order valence-electron chi connectivity index (χ2n) is 15.3. The molecule has 59 heavy (non-hydrogen) atoms. The summed E-state index contributed by atoms with van der Waals surface area (Å²) in [5, 5.41) is 9.55. The van der Waals surface area contributed by atoms with Crippen molar-refractivity contribution in [1.82, 2.24) is 4.57 Å². The molecule has 0 N–H and O–H groups in total. The lowest BCUT2D eigenvalue weighted by atomic mass is 9.97. The van der Waals surface area contributed by atoms with E-state index in [1.807, 2.05) is 0 Å². The predicted molar refractivity (Wildman–Crippen MR) is 249 cm³/mol. The molecular formula is C56H36N2O. The average molecular weight is 753 g/mol. The number of aromatic nitrogens is 1. The zero-order chi connectivity index (χ0) is 38.9. The highest BCUT2D eigenvalue weighted by atomic mass is 16.3. The van der Waals surface area contributed by atoms with Crippen LogP contribution in [0.2, 0.25) is 0 Å². The first-order chi connectivity index (χ1) is 29.3. The van der Waals surface area contributed by atoms with Gasteiger partial charge in [-0.05, 0) is 106 Å². The van der Waals surface area contributed by atoms with Gasteiger partial charge < -0.3 is 13.9 Å². The molecule has 2 heterocycles. The maximum absolute atomic E-state index is 6.68. The number of rotatable bonds is 6. The summed E-state index contributed by atoms with van der Waals surface area (Å²) in [6, 6.07) is 78.7. The summed E-state index contributed by atoms with van der Waals surface area (Å²) in [6.07, 6.45) is 0. The summed E-state index contributed by atoms with van der Waals surface area (Å²) in [4.78, 5) is 2.38. The highest BCUT2D eigenvalue weighted by molar-refractivity contribution is 6.15. The third-order valence-corrected chi connectivity index (χ3v) is 12.0. The zero-order valence-corrected chi connectivity index (χ0v) is 32.1. The topological polar surface area (TPSA) is 21.3 Å². The number of furan rings is 1. The minimum atomic E-state index is 0.880. The van der Waals surface area contributed by atoms with Crippen LogP contribution in [-0.4, -0.2) is 4.57 Å². The first-order valence-electron chi connectivity index (χ1n) is 20.2. The van der Waals surface area contributed by atoms with E-state index in [0.29, 0.717) is 0 Å². The Kier molecular flexibility index (Phi) is 7.54. The lowest BCUT2D eigenvalue weighted by molar-refractivity contribution is 0.673. The van der Waals surface area contributed by atoms with Gasteiger partial charge >= 0.3 is 0 Å². The van der Waals surface area contributed by atoms with Gasteiger partial charge in [0.1, 0.15) is 11.2 Å². The van der Waals surface area contributed by atoms with Crippen LogP contribution < -0.4 is 4.90 Å². The Hall–Kier alpha value is -7.88. The van der Waals surface area contributed by atoms with Crippen LogP contribution in [0.15, 0.2) is 223 Å². The second-order valence-corrected chi connectivity index (χ2v) is 15.3. The predicted octanol–water partition coefficient (Wildman–Crippen LogP) is 15.8. The highest BCUT2D eigenvalue weighted by Crippen LogP contribution is 2.44. The summed E-state index contributed by atoms with van der Waals surface area (Å²) in [5.41, 5.74) is 13.2. The minimum Gasteiger partial charge on any atom is -0.455 e. The van der Waals surface area contributed by atoms with Gasteiger partial charge in [-0.3, -0.25) is 0 Å². The summed E-state index contributed by atoms with van der Waals surface area (Å²) < 4.78 is 9.05. The maximum Gasteiger partial charge on any atom is 0.143 e. The Morgan fingerprint density at radius 3 is 1.64 bits per heavy atom. The highest BCUT2D eigenvalue weighted by Gasteiger charge is 2.20. The Balaban J connectivity index is 1.02. The molecule has 0 fully saturated rings. The molecule has 10 aromatic carbocycles. The molecule has 2 aromatic heterocycles. The molecule has 0 spiro atoms. The quantitative estimate of drug-likeness (QED) is 0.169. The number of anilines is 3. The number of para-hydroxylation sites is 3. The number of benzene rings is 10. The third kappa shape index (κ3) is 5.36. The summed E-state index contributed by atoms with van der Waals surface area (Å²) in [6.45, 7) is 0. The van der Waals surface area contributed by atoms with E-state index in [0.717, 1.165) is 61.2 Å². The van der Waals surface area contributed by atoms with Crippen LogP contribution in [0, 0.1) is 0 Å². The van der Waals surface area contributed by atoms with Crippen molar-refractivity contribution in [2.45, 2.75) is 0 Å². The van der Waals surface area contributed by atoms with Crippen molar-refractivity contribution in [3.63, 3.8) is 0 Å². The van der Waals surface area contributed by atoms with Crippen molar-refractivity contribution >= 4 is 82.4 Å². The van der Waals surface area contributed by atoms with Gasteiger partial charge in [0, 0.05) is 49.6 Å². The lowest BCUT2D eigenvalue weighted by Gasteiger charge is -2.28. The SMILES string of the molecule is c1ccc(N(c2ccc(-c3cccc4ccccc34)cc2)c2ccc(-n3c4ccccc4c4ccccc43)cc2)c(-c2ccc3c(c2)oc2c4ccccc4ccc32)c1. The smallest absolute Gasteiger partial charge is 0.143 e. The minimum absolute atomic E-state index is 0.880. The molecule has 0 aliphatic carbocycles. The third-order valence-electron chi connectivity index (χ3n) is 12.0. The van der Waals surface area contributed by atoms with E-state index in [9.17, 15) is 0 Å². The Labute approximate surface area is 341 Å². The van der Waals surface area contributed by atoms with E-state index in [1.54, 1.807) is 0 Å². The van der Waals surface area contributed by atoms with Gasteiger partial charge in [0.05, 0.1) is 16.7 Å². The van der Waals surface area contributed by atoms with E-state index in [4.69, 9.17) is 4.42 Å². The molecule has 0 saturated carbocycles. The Morgan fingerprint density at radius 1 is 0.356 bits per heavy atom. The number of nitrogens with zero attached hydrogens (tertiary/aromatic N) is 2. The molecule has 3 nitrogen and oxygen atoms in total. The molecule has 0 aliphatic heterocycles. The van der Waals surface area contributed by atoms with Crippen LogP contribution in [0.25, 0.3) is 93.2 Å². The van der Waals surface area contributed by atoms with Gasteiger partial charge in [0.2, 0.25) is 0 Å². The van der Waals surface area contributed by atoms with Crippen molar-refractivity contribution in [3.05, 3.63) is 218 Å².